The highest BCUT2D eigenvalue weighted by atomic mass is 19.4. The fourth-order valence-corrected chi connectivity index (χ4v) is 3.07. The van der Waals surface area contributed by atoms with Crippen molar-refractivity contribution < 1.29 is 13.2 Å². The van der Waals surface area contributed by atoms with E-state index in [1.807, 2.05) is 30.3 Å². The lowest BCUT2D eigenvalue weighted by Gasteiger charge is -2.10. The predicted octanol–water partition coefficient (Wildman–Crippen LogP) is 5.79. The Kier molecular flexibility index (Phi) is 13.1. The second-order valence-corrected chi connectivity index (χ2v) is 7.17. The second kappa shape index (κ2) is 15.5. The number of halogens is 3. The fraction of sp³-hybridized carbons (Fsp3) is 0.259. The van der Waals surface area contributed by atoms with Crippen molar-refractivity contribution in [1.82, 2.24) is 0 Å². The number of nitrogens with one attached hydrogen (secondary N) is 1. The number of allylic oxidation sites excluding steroid dienone is 1. The zero-order chi connectivity index (χ0) is 25.4. The molecule has 0 aliphatic heterocycles. The molecule has 0 aliphatic rings. The van der Waals surface area contributed by atoms with E-state index in [1.165, 1.54) is 36.5 Å². The molecule has 0 aliphatic carbocycles. The van der Waals surface area contributed by atoms with E-state index >= 15 is 0 Å². The minimum atomic E-state index is -4.30. The molecule has 0 spiro atoms. The quantitative estimate of drug-likeness (QED) is 0.350. The lowest BCUT2D eigenvalue weighted by Crippen LogP contribution is -2.11. The molecule has 0 fully saturated rings. The summed E-state index contributed by atoms with van der Waals surface area (Å²) < 4.78 is 36.5. The molecule has 0 saturated heterocycles. The highest BCUT2D eigenvalue weighted by molar-refractivity contribution is 5.63. The smallest absolute Gasteiger partial charge is 0.398 e. The number of alkyl halides is 3. The second-order valence-electron chi connectivity index (χ2n) is 7.17. The van der Waals surface area contributed by atoms with Crippen LogP contribution >= 0.6 is 0 Å². The van der Waals surface area contributed by atoms with Gasteiger partial charge in [0.2, 0.25) is 0 Å². The van der Waals surface area contributed by atoms with Gasteiger partial charge in [0.25, 0.3) is 0 Å². The number of hydrogen-bond donors (Lipinski definition) is 4. The first-order valence-electron chi connectivity index (χ1n) is 11.1. The molecule has 184 valence electrons. The van der Waals surface area contributed by atoms with Crippen molar-refractivity contribution in [1.29, 1.82) is 0 Å². The van der Waals surface area contributed by atoms with E-state index in [4.69, 9.17) is 11.5 Å². The molecule has 0 heterocycles. The molecule has 0 radical (unpaired) electrons. The van der Waals surface area contributed by atoms with Crippen molar-refractivity contribution in [2.24, 2.45) is 17.2 Å². The van der Waals surface area contributed by atoms with E-state index in [2.05, 4.69) is 48.3 Å². The summed E-state index contributed by atoms with van der Waals surface area (Å²) in [6.45, 7) is 3.08. The number of para-hydroxylation sites is 1. The third-order valence-corrected chi connectivity index (χ3v) is 4.77. The summed E-state index contributed by atoms with van der Waals surface area (Å²) >= 11 is 0. The molecule has 7 heteroatoms. The Morgan fingerprint density at radius 3 is 1.97 bits per heavy atom. The molecular formula is C27H35F3N4. The SMILES string of the molecule is CCCNc1ccccc1C/C=C(\N)c1ccccc1.CN.NCc1ccccc1C(F)(F)F. The van der Waals surface area contributed by atoms with E-state index < -0.39 is 11.7 Å². The van der Waals surface area contributed by atoms with Gasteiger partial charge in [0.05, 0.1) is 5.56 Å². The normalized spacial score (nSPS) is 11.0. The van der Waals surface area contributed by atoms with Crippen LogP contribution in [0, 0.1) is 0 Å². The fourth-order valence-electron chi connectivity index (χ4n) is 3.07. The van der Waals surface area contributed by atoms with Crippen LogP contribution in [0.4, 0.5) is 18.9 Å². The Morgan fingerprint density at radius 1 is 0.853 bits per heavy atom. The summed E-state index contributed by atoms with van der Waals surface area (Å²) in [6.07, 6.45) is -0.248. The van der Waals surface area contributed by atoms with Crippen LogP contribution < -0.4 is 22.5 Å². The van der Waals surface area contributed by atoms with Crippen molar-refractivity contribution >= 4 is 11.4 Å². The van der Waals surface area contributed by atoms with Crippen LogP contribution in [0.3, 0.4) is 0 Å². The molecule has 0 bridgehead atoms. The Balaban J connectivity index is 0.000000353. The summed E-state index contributed by atoms with van der Waals surface area (Å²) in [5, 5.41) is 3.46. The number of nitrogens with two attached hydrogens (primary N) is 3. The molecular weight excluding hydrogens is 437 g/mol. The maximum atomic E-state index is 12.2. The summed E-state index contributed by atoms with van der Waals surface area (Å²) in [5.74, 6) is 0. The van der Waals surface area contributed by atoms with E-state index in [-0.39, 0.29) is 12.1 Å². The Bertz CT molecular complexity index is 986. The minimum absolute atomic E-state index is 0.0876. The summed E-state index contributed by atoms with van der Waals surface area (Å²) in [7, 11) is 1.50. The molecule has 0 saturated carbocycles. The summed E-state index contributed by atoms with van der Waals surface area (Å²) in [6, 6.07) is 23.8. The predicted molar refractivity (Wildman–Crippen MR) is 137 cm³/mol. The van der Waals surface area contributed by atoms with Gasteiger partial charge in [-0.1, -0.05) is 79.7 Å². The molecule has 7 N–H and O–H groups in total. The van der Waals surface area contributed by atoms with Crippen LogP contribution in [-0.4, -0.2) is 13.6 Å². The van der Waals surface area contributed by atoms with Gasteiger partial charge >= 0.3 is 6.18 Å². The number of rotatable bonds is 7. The standard InChI is InChI=1S/C18H22N2.C8H8F3N.CH5N/c1-2-14-20-18-11-7-6-10-16(18)12-13-17(19)15-8-4-3-5-9-15;9-8(10,11)7-4-2-1-3-6(7)5-12;1-2/h3-11,13,20H,2,12,14,19H2,1H3;1-4H,5,12H2;2H2,1H3/b17-13-;;. The molecule has 3 rings (SSSR count). The van der Waals surface area contributed by atoms with E-state index in [0.717, 1.165) is 36.7 Å². The van der Waals surface area contributed by atoms with Gasteiger partial charge in [-0.15, -0.1) is 0 Å². The molecule has 3 aromatic rings. The molecule has 34 heavy (non-hydrogen) atoms. The maximum Gasteiger partial charge on any atom is 0.416 e. The monoisotopic (exact) mass is 472 g/mol. The van der Waals surface area contributed by atoms with Gasteiger partial charge in [-0.25, -0.2) is 0 Å². The Labute approximate surface area is 200 Å². The van der Waals surface area contributed by atoms with Crippen molar-refractivity contribution in [3.63, 3.8) is 0 Å². The van der Waals surface area contributed by atoms with Gasteiger partial charge < -0.3 is 22.5 Å². The van der Waals surface area contributed by atoms with Crippen LogP contribution in [0.15, 0.2) is 84.9 Å². The maximum absolute atomic E-state index is 12.2. The molecule has 0 amide bonds. The van der Waals surface area contributed by atoms with Gasteiger partial charge in [0.15, 0.2) is 0 Å². The molecule has 0 atom stereocenters. The number of benzene rings is 3. The third kappa shape index (κ3) is 9.68. The first kappa shape index (κ1) is 28.7. The third-order valence-electron chi connectivity index (χ3n) is 4.77. The summed E-state index contributed by atoms with van der Waals surface area (Å²) in [5.41, 5.74) is 19.6. The Hall–Kier alpha value is -3.29. The van der Waals surface area contributed by atoms with Crippen molar-refractivity contribution in [2.75, 3.05) is 18.9 Å². The number of hydrogen-bond acceptors (Lipinski definition) is 4. The van der Waals surface area contributed by atoms with Crippen molar-refractivity contribution in [3.8, 4) is 0 Å². The van der Waals surface area contributed by atoms with Crippen LogP contribution in [0.1, 0.15) is 35.6 Å². The molecule has 0 aromatic heterocycles. The molecule has 4 nitrogen and oxygen atoms in total. The average molecular weight is 473 g/mol. The van der Waals surface area contributed by atoms with Gasteiger partial charge in [-0.3, -0.25) is 0 Å². The average Bonchev–Trinajstić information content (AvgIpc) is 2.88. The molecule has 0 unspecified atom stereocenters. The van der Waals surface area contributed by atoms with Gasteiger partial charge in [0, 0.05) is 24.5 Å². The van der Waals surface area contributed by atoms with Crippen molar-refractivity contribution in [3.05, 3.63) is 107 Å². The van der Waals surface area contributed by atoms with Crippen LogP contribution in [-0.2, 0) is 19.1 Å². The first-order valence-corrected chi connectivity index (χ1v) is 11.1. The van der Waals surface area contributed by atoms with E-state index in [9.17, 15) is 13.2 Å². The number of anilines is 1. The highest BCUT2D eigenvalue weighted by Gasteiger charge is 2.32. The molecule has 3 aromatic carbocycles. The topological polar surface area (TPSA) is 90.1 Å². The Morgan fingerprint density at radius 2 is 1.41 bits per heavy atom. The van der Waals surface area contributed by atoms with Gasteiger partial charge in [-0.2, -0.15) is 13.2 Å². The van der Waals surface area contributed by atoms with Crippen LogP contribution in [0.2, 0.25) is 0 Å². The van der Waals surface area contributed by atoms with Gasteiger partial charge in [0.1, 0.15) is 0 Å². The van der Waals surface area contributed by atoms with E-state index in [1.54, 1.807) is 0 Å². The summed E-state index contributed by atoms with van der Waals surface area (Å²) in [4.78, 5) is 0. The lowest BCUT2D eigenvalue weighted by atomic mass is 10.1. The highest BCUT2D eigenvalue weighted by Crippen LogP contribution is 2.31. The lowest BCUT2D eigenvalue weighted by molar-refractivity contribution is -0.138. The van der Waals surface area contributed by atoms with Gasteiger partial charge in [-0.05, 0) is 48.7 Å². The zero-order valence-electron chi connectivity index (χ0n) is 19.8. The van der Waals surface area contributed by atoms with Crippen molar-refractivity contribution in [2.45, 2.75) is 32.5 Å². The largest absolute Gasteiger partial charge is 0.416 e. The van der Waals surface area contributed by atoms with Crippen LogP contribution in [0.5, 0.6) is 0 Å². The van der Waals surface area contributed by atoms with E-state index in [0.29, 0.717) is 0 Å². The zero-order valence-corrected chi connectivity index (χ0v) is 19.8. The minimum Gasteiger partial charge on any atom is -0.398 e. The first-order chi connectivity index (χ1) is 16.4. The van der Waals surface area contributed by atoms with Crippen LogP contribution in [0.25, 0.3) is 5.70 Å².